The van der Waals surface area contributed by atoms with Crippen LogP contribution >= 0.6 is 0 Å². The Kier molecular flexibility index (Phi) is 6.86. The quantitative estimate of drug-likeness (QED) is 0.246. The molecule has 0 saturated carbocycles. The lowest BCUT2D eigenvalue weighted by molar-refractivity contribution is -0.114. The molecule has 47 heavy (non-hydrogen) atoms. The number of carbonyl (C=O) groups is 2. The minimum Gasteiger partial charge on any atom is -0.383 e. The van der Waals surface area contributed by atoms with E-state index >= 15 is 0 Å². The molecule has 3 N–H and O–H groups in total. The van der Waals surface area contributed by atoms with Crippen LogP contribution < -0.4 is 16.0 Å². The van der Waals surface area contributed by atoms with E-state index in [0.717, 1.165) is 48.1 Å². The van der Waals surface area contributed by atoms with Crippen molar-refractivity contribution >= 4 is 34.5 Å². The number of pyridine rings is 2. The summed E-state index contributed by atoms with van der Waals surface area (Å²) in [5, 5.41) is 7.61. The molecule has 4 aromatic heterocycles. The third-order valence-electron chi connectivity index (χ3n) is 8.98. The van der Waals surface area contributed by atoms with E-state index in [1.807, 2.05) is 59.3 Å². The second kappa shape index (κ2) is 11.4. The Labute approximate surface area is 270 Å². The van der Waals surface area contributed by atoms with Gasteiger partial charge >= 0.3 is 0 Å². The maximum atomic E-state index is 13.8. The zero-order valence-electron chi connectivity index (χ0n) is 25.5. The molecule has 6 aromatic rings. The normalized spacial score (nSPS) is 15.3. The fraction of sp³-hybridized carbons (Fsp3) is 0.167. The lowest BCUT2D eigenvalue weighted by atomic mass is 9.96. The predicted molar refractivity (Wildman–Crippen MR) is 179 cm³/mol. The van der Waals surface area contributed by atoms with Gasteiger partial charge in [0.25, 0.3) is 5.91 Å². The molecule has 232 valence electrons. The summed E-state index contributed by atoms with van der Waals surface area (Å²) in [5.74, 6) is 1.27. The number of nitrogens with one attached hydrogen (secondary N) is 1. The molecular formula is C36H31N9O2. The molecule has 0 fully saturated rings. The summed E-state index contributed by atoms with van der Waals surface area (Å²) >= 11 is 0. The number of nitrogens with two attached hydrogens (primary N) is 1. The SMILES string of the molecule is C=CC(=O)N1CCCc2cccc(C(=O)N[C@H]3CCc4cc(-n5c(-c6cccnc6N)nc6ccc(-n7cccn7)nc65)ccc43)c21. The van der Waals surface area contributed by atoms with E-state index < -0.39 is 0 Å². The van der Waals surface area contributed by atoms with Gasteiger partial charge in [-0.1, -0.05) is 24.8 Å². The lowest BCUT2D eigenvalue weighted by Gasteiger charge is -2.30. The molecule has 2 aliphatic rings. The molecule has 2 amide bonds. The Morgan fingerprint density at radius 2 is 1.89 bits per heavy atom. The van der Waals surface area contributed by atoms with Crippen molar-refractivity contribution in [1.29, 1.82) is 0 Å². The predicted octanol–water partition coefficient (Wildman–Crippen LogP) is 5.13. The van der Waals surface area contributed by atoms with Crippen molar-refractivity contribution in [3.63, 3.8) is 0 Å². The van der Waals surface area contributed by atoms with Crippen molar-refractivity contribution in [1.82, 2.24) is 34.6 Å². The highest BCUT2D eigenvalue weighted by Crippen LogP contribution is 2.37. The van der Waals surface area contributed by atoms with Gasteiger partial charge in [0, 0.05) is 30.8 Å². The summed E-state index contributed by atoms with van der Waals surface area (Å²) in [6.45, 7) is 4.22. The summed E-state index contributed by atoms with van der Waals surface area (Å²) in [6.07, 6.45) is 9.72. The average molecular weight is 622 g/mol. The number of rotatable bonds is 6. The summed E-state index contributed by atoms with van der Waals surface area (Å²) in [4.78, 5) is 42.3. The van der Waals surface area contributed by atoms with Gasteiger partial charge in [-0.15, -0.1) is 0 Å². The number of fused-ring (bicyclic) bond motifs is 3. The zero-order chi connectivity index (χ0) is 32.1. The number of nitrogen functional groups attached to an aromatic ring is 1. The largest absolute Gasteiger partial charge is 0.383 e. The Bertz CT molecular complexity index is 2200. The summed E-state index contributed by atoms with van der Waals surface area (Å²) < 4.78 is 3.71. The van der Waals surface area contributed by atoms with Crippen LogP contribution in [-0.4, -0.2) is 47.7 Å². The van der Waals surface area contributed by atoms with Gasteiger partial charge in [-0.25, -0.2) is 19.6 Å². The lowest BCUT2D eigenvalue weighted by Crippen LogP contribution is -2.37. The van der Waals surface area contributed by atoms with Gasteiger partial charge in [0.05, 0.1) is 22.9 Å². The minimum absolute atomic E-state index is 0.174. The molecule has 11 heteroatoms. The molecule has 0 bridgehead atoms. The van der Waals surface area contributed by atoms with Gasteiger partial charge < -0.3 is 16.0 Å². The first-order valence-electron chi connectivity index (χ1n) is 15.6. The van der Waals surface area contributed by atoms with E-state index in [1.165, 1.54) is 6.08 Å². The molecule has 8 rings (SSSR count). The Morgan fingerprint density at radius 3 is 2.72 bits per heavy atom. The van der Waals surface area contributed by atoms with Crippen LogP contribution in [0.2, 0.25) is 0 Å². The van der Waals surface area contributed by atoms with Crippen molar-refractivity contribution in [3.8, 4) is 22.9 Å². The van der Waals surface area contributed by atoms with E-state index in [2.05, 4.69) is 34.1 Å². The van der Waals surface area contributed by atoms with E-state index in [1.54, 1.807) is 28.0 Å². The van der Waals surface area contributed by atoms with Crippen molar-refractivity contribution in [3.05, 3.63) is 120 Å². The molecule has 0 saturated heterocycles. The van der Waals surface area contributed by atoms with Crippen LogP contribution in [0.4, 0.5) is 11.5 Å². The van der Waals surface area contributed by atoms with Gasteiger partial charge in [-0.2, -0.15) is 5.10 Å². The number of anilines is 2. The van der Waals surface area contributed by atoms with E-state index in [9.17, 15) is 9.59 Å². The van der Waals surface area contributed by atoms with Gasteiger partial charge in [-0.3, -0.25) is 14.2 Å². The summed E-state index contributed by atoms with van der Waals surface area (Å²) in [6, 6.07) is 21.1. The molecule has 1 atom stereocenters. The first kappa shape index (κ1) is 28.4. The third kappa shape index (κ3) is 4.83. The van der Waals surface area contributed by atoms with Crippen LogP contribution in [0.5, 0.6) is 0 Å². The van der Waals surface area contributed by atoms with E-state index in [4.69, 9.17) is 15.7 Å². The number of hydrogen-bond acceptors (Lipinski definition) is 7. The number of nitrogens with zero attached hydrogens (tertiary/aromatic N) is 7. The molecule has 2 aromatic carbocycles. The van der Waals surface area contributed by atoms with Crippen LogP contribution in [0, 0.1) is 0 Å². The third-order valence-corrected chi connectivity index (χ3v) is 8.98. The van der Waals surface area contributed by atoms with Crippen molar-refractivity contribution < 1.29 is 9.59 Å². The van der Waals surface area contributed by atoms with E-state index in [-0.39, 0.29) is 17.9 Å². The molecule has 0 radical (unpaired) electrons. The molecule has 1 aliphatic carbocycles. The highest BCUT2D eigenvalue weighted by molar-refractivity contribution is 6.09. The highest BCUT2D eigenvalue weighted by Gasteiger charge is 2.30. The number of hydrogen-bond donors (Lipinski definition) is 2. The first-order valence-corrected chi connectivity index (χ1v) is 15.6. The highest BCUT2D eigenvalue weighted by atomic mass is 16.2. The topological polar surface area (TPSA) is 137 Å². The molecule has 11 nitrogen and oxygen atoms in total. The first-order chi connectivity index (χ1) is 23.0. The number of carbonyl (C=O) groups excluding carboxylic acids is 2. The fourth-order valence-electron chi connectivity index (χ4n) is 6.81. The smallest absolute Gasteiger partial charge is 0.253 e. The van der Waals surface area contributed by atoms with Gasteiger partial charge in [0.15, 0.2) is 17.3 Å². The van der Waals surface area contributed by atoms with Gasteiger partial charge in [-0.05, 0) is 97.0 Å². The number of aromatic nitrogens is 6. The molecule has 5 heterocycles. The summed E-state index contributed by atoms with van der Waals surface area (Å²) in [5.41, 5.74) is 13.7. The second-order valence-electron chi connectivity index (χ2n) is 11.7. The Morgan fingerprint density at radius 1 is 0.979 bits per heavy atom. The van der Waals surface area contributed by atoms with Crippen LogP contribution in [0.1, 0.15) is 45.9 Å². The number of benzene rings is 2. The van der Waals surface area contributed by atoms with Crippen LogP contribution in [-0.2, 0) is 17.6 Å². The fourth-order valence-corrected chi connectivity index (χ4v) is 6.81. The van der Waals surface area contributed by atoms with Crippen LogP contribution in [0.25, 0.3) is 34.1 Å². The number of para-hydroxylation sites is 1. The Hall–Kier alpha value is -6.10. The van der Waals surface area contributed by atoms with Crippen molar-refractivity contribution in [2.75, 3.05) is 17.2 Å². The number of imidazole rings is 1. The van der Waals surface area contributed by atoms with Gasteiger partial charge in [0.1, 0.15) is 11.3 Å². The monoisotopic (exact) mass is 621 g/mol. The average Bonchev–Trinajstić information content (AvgIpc) is 3.86. The standard InChI is InChI=1S/C36H31N9O2/c1-2-31(46)43-19-5-8-22-7-3-9-26(32(22)43)36(47)41-28-14-11-23-21-24(12-13-25(23)28)45-34(27-10-4-17-38-33(27)37)40-29-15-16-30(42-35(29)45)44-20-6-18-39-44/h2-4,6-7,9-10,12-13,15-18,20-21,28H,1,5,8,11,14,19H2,(H2,37,38)(H,41,47)/t28-/m0/s1. The van der Waals surface area contributed by atoms with Gasteiger partial charge in [0.2, 0.25) is 5.91 Å². The van der Waals surface area contributed by atoms with Crippen molar-refractivity contribution in [2.45, 2.75) is 31.7 Å². The van der Waals surface area contributed by atoms with Crippen LogP contribution in [0.15, 0.2) is 98.0 Å². The van der Waals surface area contributed by atoms with Crippen molar-refractivity contribution in [2.24, 2.45) is 0 Å². The number of amides is 2. The summed E-state index contributed by atoms with van der Waals surface area (Å²) in [7, 11) is 0. The maximum absolute atomic E-state index is 13.8. The number of aryl methyl sites for hydroxylation is 2. The molecule has 0 spiro atoms. The molecule has 1 aliphatic heterocycles. The molecule has 0 unspecified atom stereocenters. The Balaban J connectivity index is 1.16. The zero-order valence-corrected chi connectivity index (χ0v) is 25.5. The van der Waals surface area contributed by atoms with E-state index in [0.29, 0.717) is 52.0 Å². The maximum Gasteiger partial charge on any atom is 0.253 e. The second-order valence-corrected chi connectivity index (χ2v) is 11.7. The molecular weight excluding hydrogens is 590 g/mol. The minimum atomic E-state index is -0.199. The van der Waals surface area contributed by atoms with Crippen LogP contribution in [0.3, 0.4) is 0 Å².